The van der Waals surface area contributed by atoms with Crippen molar-refractivity contribution in [3.63, 3.8) is 0 Å². The standard InChI is InChI=1S/C18H25NO5S/c1-14-5-7-16(8-6-14)25(22,23)11-9-18(21)24-13-17(20)19-10-3-4-15(2)12-19/h5-8,15H,3-4,9-13H2,1-2H3. The van der Waals surface area contributed by atoms with E-state index in [2.05, 4.69) is 6.92 Å². The van der Waals surface area contributed by atoms with Crippen LogP contribution >= 0.6 is 0 Å². The molecule has 0 N–H and O–H groups in total. The maximum Gasteiger partial charge on any atom is 0.307 e. The Morgan fingerprint density at radius 1 is 1.24 bits per heavy atom. The van der Waals surface area contributed by atoms with E-state index in [9.17, 15) is 18.0 Å². The number of amides is 1. The first-order valence-corrected chi connectivity index (χ1v) is 10.2. The second-order valence-electron chi connectivity index (χ2n) is 6.63. The predicted octanol–water partition coefficient (Wildman–Crippen LogP) is 1.96. The van der Waals surface area contributed by atoms with E-state index in [1.165, 1.54) is 12.1 Å². The Morgan fingerprint density at radius 2 is 1.92 bits per heavy atom. The second kappa shape index (κ2) is 8.47. The number of aryl methyl sites for hydroxylation is 1. The first kappa shape index (κ1) is 19.4. The highest BCUT2D eigenvalue weighted by molar-refractivity contribution is 7.91. The number of nitrogens with zero attached hydrogens (tertiary/aromatic N) is 1. The number of hydrogen-bond acceptors (Lipinski definition) is 5. The quantitative estimate of drug-likeness (QED) is 0.718. The molecular formula is C18H25NO5S. The topological polar surface area (TPSA) is 80.7 Å². The van der Waals surface area contributed by atoms with E-state index in [1.54, 1.807) is 17.0 Å². The molecule has 2 rings (SSSR count). The third-order valence-corrected chi connectivity index (χ3v) is 6.05. The summed E-state index contributed by atoms with van der Waals surface area (Å²) in [5.41, 5.74) is 0.962. The van der Waals surface area contributed by atoms with Crippen LogP contribution in [0.3, 0.4) is 0 Å². The largest absolute Gasteiger partial charge is 0.456 e. The van der Waals surface area contributed by atoms with Crippen LogP contribution in [0, 0.1) is 12.8 Å². The summed E-state index contributed by atoms with van der Waals surface area (Å²) in [5.74, 6) is -0.771. The average Bonchev–Trinajstić information content (AvgIpc) is 2.58. The van der Waals surface area contributed by atoms with Crippen LogP contribution in [0.4, 0.5) is 0 Å². The van der Waals surface area contributed by atoms with Crippen LogP contribution in [0.15, 0.2) is 29.2 Å². The Hall–Kier alpha value is -1.89. The SMILES string of the molecule is Cc1ccc(S(=O)(=O)CCC(=O)OCC(=O)N2CCCC(C)C2)cc1. The fraction of sp³-hybridized carbons (Fsp3) is 0.556. The van der Waals surface area contributed by atoms with Gasteiger partial charge in [-0.15, -0.1) is 0 Å². The van der Waals surface area contributed by atoms with E-state index >= 15 is 0 Å². The molecule has 1 aromatic carbocycles. The molecule has 1 amide bonds. The van der Waals surface area contributed by atoms with Gasteiger partial charge in [0.15, 0.2) is 16.4 Å². The monoisotopic (exact) mass is 367 g/mol. The highest BCUT2D eigenvalue weighted by Gasteiger charge is 2.22. The van der Waals surface area contributed by atoms with Crippen molar-refractivity contribution in [3.05, 3.63) is 29.8 Å². The number of rotatable bonds is 6. The summed E-state index contributed by atoms with van der Waals surface area (Å²) in [6.07, 6.45) is 1.79. The summed E-state index contributed by atoms with van der Waals surface area (Å²) < 4.78 is 29.3. The predicted molar refractivity (Wildman–Crippen MR) is 93.8 cm³/mol. The number of likely N-dealkylation sites (tertiary alicyclic amines) is 1. The lowest BCUT2D eigenvalue weighted by molar-refractivity contribution is -0.152. The minimum absolute atomic E-state index is 0.185. The molecule has 7 heteroatoms. The van der Waals surface area contributed by atoms with Crippen molar-refractivity contribution in [1.82, 2.24) is 4.90 Å². The van der Waals surface area contributed by atoms with Crippen LogP contribution in [0.2, 0.25) is 0 Å². The number of esters is 1. The smallest absolute Gasteiger partial charge is 0.307 e. The van der Waals surface area contributed by atoms with Gasteiger partial charge >= 0.3 is 5.97 Å². The molecule has 1 aliphatic heterocycles. The molecule has 25 heavy (non-hydrogen) atoms. The number of hydrogen-bond donors (Lipinski definition) is 0. The van der Waals surface area contributed by atoms with Crippen molar-refractivity contribution in [3.8, 4) is 0 Å². The summed E-state index contributed by atoms with van der Waals surface area (Å²) in [6, 6.07) is 6.47. The van der Waals surface area contributed by atoms with Gasteiger partial charge in [0, 0.05) is 13.1 Å². The molecule has 1 aromatic rings. The normalized spacial score (nSPS) is 18.0. The second-order valence-corrected chi connectivity index (χ2v) is 8.74. The Morgan fingerprint density at radius 3 is 2.56 bits per heavy atom. The van der Waals surface area contributed by atoms with E-state index in [0.29, 0.717) is 19.0 Å². The number of piperidine rings is 1. The molecule has 0 aromatic heterocycles. The zero-order chi connectivity index (χ0) is 18.4. The van der Waals surface area contributed by atoms with E-state index in [0.717, 1.165) is 18.4 Å². The lowest BCUT2D eigenvalue weighted by Crippen LogP contribution is -2.41. The maximum atomic E-state index is 12.2. The Kier molecular flexibility index (Phi) is 6.58. The van der Waals surface area contributed by atoms with Crippen molar-refractivity contribution in [2.24, 2.45) is 5.92 Å². The minimum atomic E-state index is -3.53. The van der Waals surface area contributed by atoms with Gasteiger partial charge in [0.1, 0.15) is 0 Å². The third kappa shape index (κ3) is 5.85. The first-order chi connectivity index (χ1) is 11.8. The molecule has 1 atom stereocenters. The van der Waals surface area contributed by atoms with E-state index < -0.39 is 15.8 Å². The van der Waals surface area contributed by atoms with Gasteiger partial charge in [-0.2, -0.15) is 0 Å². The van der Waals surface area contributed by atoms with Crippen LogP contribution in [0.1, 0.15) is 31.7 Å². The molecule has 0 radical (unpaired) electrons. The van der Waals surface area contributed by atoms with Crippen LogP contribution in [0.5, 0.6) is 0 Å². The fourth-order valence-corrected chi connectivity index (χ4v) is 4.02. The molecule has 0 aliphatic carbocycles. The van der Waals surface area contributed by atoms with Crippen molar-refractivity contribution in [1.29, 1.82) is 0 Å². The molecule has 138 valence electrons. The van der Waals surface area contributed by atoms with E-state index in [1.807, 2.05) is 6.92 Å². The van der Waals surface area contributed by atoms with Gasteiger partial charge in [0.25, 0.3) is 5.91 Å². The molecule has 1 fully saturated rings. The number of sulfone groups is 1. The van der Waals surface area contributed by atoms with Crippen molar-refractivity contribution < 1.29 is 22.7 Å². The summed E-state index contributed by atoms with van der Waals surface area (Å²) in [4.78, 5) is 25.7. The van der Waals surface area contributed by atoms with Gasteiger partial charge in [-0.05, 0) is 37.8 Å². The number of ether oxygens (including phenoxy) is 1. The lowest BCUT2D eigenvalue weighted by Gasteiger charge is -2.30. The molecule has 1 unspecified atom stereocenters. The molecule has 0 saturated carbocycles. The maximum absolute atomic E-state index is 12.2. The number of carbonyl (C=O) groups excluding carboxylic acids is 2. The van der Waals surface area contributed by atoms with Gasteiger partial charge in [0.2, 0.25) is 0 Å². The Bertz CT molecular complexity index is 711. The van der Waals surface area contributed by atoms with Crippen molar-refractivity contribution >= 4 is 21.7 Å². The summed E-state index contributed by atoms with van der Waals surface area (Å²) >= 11 is 0. The van der Waals surface area contributed by atoms with Crippen LogP contribution in [-0.2, 0) is 24.2 Å². The van der Waals surface area contributed by atoms with Gasteiger partial charge < -0.3 is 9.64 Å². The zero-order valence-electron chi connectivity index (χ0n) is 14.7. The summed E-state index contributed by atoms with van der Waals surface area (Å²) in [7, 11) is -3.53. The van der Waals surface area contributed by atoms with Crippen molar-refractivity contribution in [2.45, 2.75) is 38.0 Å². The number of carbonyl (C=O) groups is 2. The highest BCUT2D eigenvalue weighted by Crippen LogP contribution is 2.16. The molecule has 1 aliphatic rings. The van der Waals surface area contributed by atoms with Gasteiger partial charge in [-0.25, -0.2) is 8.42 Å². The van der Waals surface area contributed by atoms with Crippen LogP contribution in [-0.4, -0.2) is 50.6 Å². The van der Waals surface area contributed by atoms with Crippen molar-refractivity contribution in [2.75, 3.05) is 25.4 Å². The number of benzene rings is 1. The summed E-state index contributed by atoms with van der Waals surface area (Å²) in [6.45, 7) is 4.99. The average molecular weight is 367 g/mol. The molecule has 6 nitrogen and oxygen atoms in total. The van der Waals surface area contributed by atoms with Gasteiger partial charge in [-0.1, -0.05) is 24.6 Å². The zero-order valence-corrected chi connectivity index (χ0v) is 15.5. The lowest BCUT2D eigenvalue weighted by atomic mass is 10.0. The molecule has 0 spiro atoms. The Labute approximate surface area is 149 Å². The Balaban J connectivity index is 1.78. The molecular weight excluding hydrogens is 342 g/mol. The van der Waals surface area contributed by atoms with Crippen LogP contribution in [0.25, 0.3) is 0 Å². The minimum Gasteiger partial charge on any atom is -0.456 e. The van der Waals surface area contributed by atoms with Gasteiger partial charge in [-0.3, -0.25) is 9.59 Å². The molecule has 1 saturated heterocycles. The molecule has 0 bridgehead atoms. The highest BCUT2D eigenvalue weighted by atomic mass is 32.2. The van der Waals surface area contributed by atoms with Crippen LogP contribution < -0.4 is 0 Å². The first-order valence-electron chi connectivity index (χ1n) is 8.51. The van der Waals surface area contributed by atoms with E-state index in [-0.39, 0.29) is 29.6 Å². The van der Waals surface area contributed by atoms with E-state index in [4.69, 9.17) is 4.74 Å². The third-order valence-electron chi connectivity index (χ3n) is 4.32. The van der Waals surface area contributed by atoms with Gasteiger partial charge in [0.05, 0.1) is 17.1 Å². The molecule has 1 heterocycles. The summed E-state index contributed by atoms with van der Waals surface area (Å²) in [5, 5.41) is 0. The fourth-order valence-electron chi connectivity index (χ4n) is 2.80.